The molecule has 0 spiro atoms. The zero-order valence-electron chi connectivity index (χ0n) is 12.8. The van der Waals surface area contributed by atoms with Crippen molar-refractivity contribution < 1.29 is 9.90 Å². The molecule has 1 aromatic heterocycles. The molecule has 2 rings (SSSR count). The number of carboxylic acids is 1. The van der Waals surface area contributed by atoms with Gasteiger partial charge in [-0.25, -0.2) is 9.78 Å². The van der Waals surface area contributed by atoms with E-state index < -0.39 is 5.97 Å². The standard InChI is InChI=1S/C16H21N3O2/c1-16(2,19(3)4)10-17-14-12(15(20)21)9-11-7-5-6-8-13(11)18-14/h5-9H,10H2,1-4H3,(H,17,18)(H,20,21). The molecule has 0 bridgehead atoms. The highest BCUT2D eigenvalue weighted by molar-refractivity contribution is 5.98. The lowest BCUT2D eigenvalue weighted by Crippen LogP contribution is -2.44. The molecule has 21 heavy (non-hydrogen) atoms. The van der Waals surface area contributed by atoms with Gasteiger partial charge in [-0.05, 0) is 40.1 Å². The first-order chi connectivity index (χ1) is 9.81. The minimum Gasteiger partial charge on any atom is -0.478 e. The van der Waals surface area contributed by atoms with E-state index in [0.29, 0.717) is 12.4 Å². The van der Waals surface area contributed by atoms with E-state index in [9.17, 15) is 9.90 Å². The lowest BCUT2D eigenvalue weighted by molar-refractivity contribution is 0.0697. The number of rotatable bonds is 5. The molecule has 2 N–H and O–H groups in total. The van der Waals surface area contributed by atoms with Crippen LogP contribution in [0.4, 0.5) is 5.82 Å². The van der Waals surface area contributed by atoms with Gasteiger partial charge in [0.25, 0.3) is 0 Å². The van der Waals surface area contributed by atoms with E-state index in [2.05, 4.69) is 29.0 Å². The van der Waals surface area contributed by atoms with Gasteiger partial charge < -0.3 is 15.3 Å². The third-order valence-corrected chi connectivity index (χ3v) is 3.85. The van der Waals surface area contributed by atoms with Crippen LogP contribution >= 0.6 is 0 Å². The minimum absolute atomic E-state index is 0.108. The average Bonchev–Trinajstić information content (AvgIpc) is 2.43. The quantitative estimate of drug-likeness (QED) is 0.885. The molecule has 1 aromatic carbocycles. The third-order valence-electron chi connectivity index (χ3n) is 3.85. The maximum atomic E-state index is 11.4. The highest BCUT2D eigenvalue weighted by atomic mass is 16.4. The summed E-state index contributed by atoms with van der Waals surface area (Å²) in [6.45, 7) is 4.77. The Labute approximate surface area is 124 Å². The summed E-state index contributed by atoms with van der Waals surface area (Å²) >= 11 is 0. The Balaban J connectivity index is 2.37. The number of aromatic carboxylic acids is 1. The number of anilines is 1. The number of likely N-dealkylation sites (N-methyl/N-ethyl adjacent to an activating group) is 1. The van der Waals surface area contributed by atoms with Crippen LogP contribution in [0.3, 0.4) is 0 Å². The summed E-state index contributed by atoms with van der Waals surface area (Å²) in [7, 11) is 3.99. The van der Waals surface area contributed by atoms with Crippen molar-refractivity contribution in [3.63, 3.8) is 0 Å². The van der Waals surface area contributed by atoms with Crippen molar-refractivity contribution in [2.45, 2.75) is 19.4 Å². The summed E-state index contributed by atoms with van der Waals surface area (Å²) in [5.41, 5.74) is 0.874. The number of nitrogens with one attached hydrogen (secondary N) is 1. The highest BCUT2D eigenvalue weighted by Gasteiger charge is 2.22. The fourth-order valence-corrected chi connectivity index (χ4v) is 1.87. The first kappa shape index (κ1) is 15.3. The number of hydrogen-bond acceptors (Lipinski definition) is 4. The highest BCUT2D eigenvalue weighted by Crippen LogP contribution is 2.21. The molecule has 112 valence electrons. The Morgan fingerprint density at radius 2 is 2.00 bits per heavy atom. The van der Waals surface area contributed by atoms with Gasteiger partial charge in [0.2, 0.25) is 0 Å². The summed E-state index contributed by atoms with van der Waals surface area (Å²) in [6.07, 6.45) is 0. The topological polar surface area (TPSA) is 65.5 Å². The lowest BCUT2D eigenvalue weighted by atomic mass is 10.0. The summed E-state index contributed by atoms with van der Waals surface area (Å²) < 4.78 is 0. The summed E-state index contributed by atoms with van der Waals surface area (Å²) in [5.74, 6) is -0.561. The normalized spacial score (nSPS) is 11.9. The van der Waals surface area contributed by atoms with Gasteiger partial charge in [0.05, 0.1) is 5.52 Å². The van der Waals surface area contributed by atoms with Crippen molar-refractivity contribution in [1.29, 1.82) is 0 Å². The molecule has 5 nitrogen and oxygen atoms in total. The fraction of sp³-hybridized carbons (Fsp3) is 0.375. The van der Waals surface area contributed by atoms with Crippen LogP contribution in [-0.2, 0) is 0 Å². The average molecular weight is 287 g/mol. The fourth-order valence-electron chi connectivity index (χ4n) is 1.87. The van der Waals surface area contributed by atoms with Crippen LogP contribution in [0.5, 0.6) is 0 Å². The monoisotopic (exact) mass is 287 g/mol. The van der Waals surface area contributed by atoms with Crippen molar-refractivity contribution in [1.82, 2.24) is 9.88 Å². The zero-order chi connectivity index (χ0) is 15.6. The van der Waals surface area contributed by atoms with Crippen molar-refractivity contribution in [2.75, 3.05) is 26.0 Å². The second-order valence-corrected chi connectivity index (χ2v) is 5.94. The molecule has 0 aliphatic heterocycles. The molecule has 0 aliphatic carbocycles. The predicted octanol–water partition coefficient (Wildman–Crippen LogP) is 2.69. The SMILES string of the molecule is CN(C)C(C)(C)CNc1nc2ccccc2cc1C(=O)O. The van der Waals surface area contributed by atoms with Crippen LogP contribution in [0, 0.1) is 0 Å². The third kappa shape index (κ3) is 3.31. The van der Waals surface area contributed by atoms with Crippen LogP contribution in [0.15, 0.2) is 30.3 Å². The molecule has 0 atom stereocenters. The molecular formula is C16H21N3O2. The number of para-hydroxylation sites is 1. The van der Waals surface area contributed by atoms with Crippen LogP contribution in [0.25, 0.3) is 10.9 Å². The van der Waals surface area contributed by atoms with E-state index in [1.807, 2.05) is 38.4 Å². The lowest BCUT2D eigenvalue weighted by Gasteiger charge is -2.33. The Morgan fingerprint density at radius 3 is 2.62 bits per heavy atom. The van der Waals surface area contributed by atoms with Crippen molar-refractivity contribution in [2.24, 2.45) is 0 Å². The number of fused-ring (bicyclic) bond motifs is 1. The number of carboxylic acid groups (broad SMARTS) is 1. The minimum atomic E-state index is -0.974. The number of hydrogen-bond donors (Lipinski definition) is 2. The molecular weight excluding hydrogens is 266 g/mol. The van der Waals surface area contributed by atoms with Gasteiger partial charge in [-0.2, -0.15) is 0 Å². The number of nitrogens with zero attached hydrogens (tertiary/aromatic N) is 2. The van der Waals surface area contributed by atoms with Crippen LogP contribution < -0.4 is 5.32 Å². The zero-order valence-corrected chi connectivity index (χ0v) is 12.8. The number of benzene rings is 1. The molecule has 2 aromatic rings. The summed E-state index contributed by atoms with van der Waals surface area (Å²) in [6, 6.07) is 9.17. The van der Waals surface area contributed by atoms with Crippen LogP contribution in [0.1, 0.15) is 24.2 Å². The molecule has 0 saturated carbocycles. The molecule has 0 fully saturated rings. The smallest absolute Gasteiger partial charge is 0.339 e. The van der Waals surface area contributed by atoms with Gasteiger partial charge in [0, 0.05) is 17.5 Å². The largest absolute Gasteiger partial charge is 0.478 e. The number of pyridine rings is 1. The number of carbonyl (C=O) groups is 1. The Kier molecular flexibility index (Phi) is 4.14. The maximum absolute atomic E-state index is 11.4. The first-order valence-electron chi connectivity index (χ1n) is 6.85. The van der Waals surface area contributed by atoms with Crippen LogP contribution in [0.2, 0.25) is 0 Å². The molecule has 1 heterocycles. The van der Waals surface area contributed by atoms with E-state index in [1.54, 1.807) is 6.07 Å². The second kappa shape index (κ2) is 5.69. The van der Waals surface area contributed by atoms with Gasteiger partial charge in [0.15, 0.2) is 0 Å². The van der Waals surface area contributed by atoms with Gasteiger partial charge in [0.1, 0.15) is 11.4 Å². The molecule has 0 unspecified atom stereocenters. The second-order valence-electron chi connectivity index (χ2n) is 5.94. The van der Waals surface area contributed by atoms with Crippen molar-refractivity contribution in [3.05, 3.63) is 35.9 Å². The van der Waals surface area contributed by atoms with Crippen molar-refractivity contribution >= 4 is 22.7 Å². The van der Waals surface area contributed by atoms with Gasteiger partial charge >= 0.3 is 5.97 Å². The van der Waals surface area contributed by atoms with E-state index in [1.165, 1.54) is 0 Å². The molecule has 0 radical (unpaired) electrons. The Bertz CT molecular complexity index is 666. The Hall–Kier alpha value is -2.14. The van der Waals surface area contributed by atoms with Gasteiger partial charge in [-0.15, -0.1) is 0 Å². The first-order valence-corrected chi connectivity index (χ1v) is 6.85. The Morgan fingerprint density at radius 1 is 1.33 bits per heavy atom. The summed E-state index contributed by atoms with van der Waals surface area (Å²) in [4.78, 5) is 18.0. The van der Waals surface area contributed by atoms with E-state index in [-0.39, 0.29) is 11.1 Å². The van der Waals surface area contributed by atoms with Gasteiger partial charge in [-0.3, -0.25) is 0 Å². The van der Waals surface area contributed by atoms with E-state index in [4.69, 9.17) is 0 Å². The molecule has 0 aliphatic rings. The van der Waals surface area contributed by atoms with Gasteiger partial charge in [-0.1, -0.05) is 18.2 Å². The number of aromatic nitrogens is 1. The van der Waals surface area contributed by atoms with E-state index >= 15 is 0 Å². The van der Waals surface area contributed by atoms with Crippen LogP contribution in [-0.4, -0.2) is 47.1 Å². The maximum Gasteiger partial charge on any atom is 0.339 e. The molecule has 0 saturated heterocycles. The predicted molar refractivity (Wildman–Crippen MR) is 85.0 cm³/mol. The molecule has 5 heteroatoms. The van der Waals surface area contributed by atoms with E-state index in [0.717, 1.165) is 10.9 Å². The molecule has 0 amide bonds. The summed E-state index contributed by atoms with van der Waals surface area (Å²) in [5, 5.41) is 13.4. The van der Waals surface area contributed by atoms with Crippen molar-refractivity contribution in [3.8, 4) is 0 Å².